The van der Waals surface area contributed by atoms with Crippen molar-refractivity contribution in [2.75, 3.05) is 14.2 Å². The highest BCUT2D eigenvalue weighted by Crippen LogP contribution is 2.38. The van der Waals surface area contributed by atoms with Crippen LogP contribution in [0.4, 0.5) is 4.39 Å². The van der Waals surface area contributed by atoms with Gasteiger partial charge in [-0.15, -0.1) is 0 Å². The van der Waals surface area contributed by atoms with Crippen molar-refractivity contribution in [1.82, 2.24) is 0 Å². The van der Waals surface area contributed by atoms with Crippen LogP contribution in [0, 0.1) is 17.1 Å². The van der Waals surface area contributed by atoms with E-state index in [2.05, 4.69) is 15.9 Å². The van der Waals surface area contributed by atoms with Gasteiger partial charge in [-0.3, -0.25) is 0 Å². The molecule has 0 radical (unpaired) electrons. The van der Waals surface area contributed by atoms with E-state index in [4.69, 9.17) is 14.7 Å². The van der Waals surface area contributed by atoms with Crippen molar-refractivity contribution in [2.45, 2.75) is 0 Å². The third-order valence-electron chi connectivity index (χ3n) is 1.68. The Morgan fingerprint density at radius 1 is 1.43 bits per heavy atom. The molecule has 0 aliphatic heterocycles. The molecule has 0 aromatic heterocycles. The maximum absolute atomic E-state index is 13.2. The Balaban J connectivity index is 3.49. The van der Waals surface area contributed by atoms with Gasteiger partial charge < -0.3 is 9.47 Å². The van der Waals surface area contributed by atoms with E-state index in [0.717, 1.165) is 6.07 Å². The quantitative estimate of drug-likeness (QED) is 0.820. The molecule has 0 aliphatic carbocycles. The Bertz CT molecular complexity index is 401. The molecule has 0 heterocycles. The standard InChI is InChI=1S/C9H7BrFNO2/c1-13-7-3-6(11)5(4-12)8(10)9(7)14-2/h3H,1-2H3. The van der Waals surface area contributed by atoms with Gasteiger partial charge >= 0.3 is 0 Å². The number of rotatable bonds is 2. The molecular weight excluding hydrogens is 253 g/mol. The molecule has 0 saturated carbocycles. The largest absolute Gasteiger partial charge is 0.493 e. The van der Waals surface area contributed by atoms with E-state index in [-0.39, 0.29) is 15.8 Å². The summed E-state index contributed by atoms with van der Waals surface area (Å²) in [6, 6.07) is 2.85. The van der Waals surface area contributed by atoms with Crippen molar-refractivity contribution in [3.63, 3.8) is 0 Å². The van der Waals surface area contributed by atoms with Crippen molar-refractivity contribution in [3.8, 4) is 17.6 Å². The summed E-state index contributed by atoms with van der Waals surface area (Å²) in [5.74, 6) is -0.0849. The second-order valence-electron chi connectivity index (χ2n) is 2.39. The lowest BCUT2D eigenvalue weighted by molar-refractivity contribution is 0.350. The normalized spacial score (nSPS) is 9.36. The van der Waals surface area contributed by atoms with Crippen LogP contribution < -0.4 is 9.47 Å². The van der Waals surface area contributed by atoms with E-state index < -0.39 is 5.82 Å². The monoisotopic (exact) mass is 259 g/mol. The van der Waals surface area contributed by atoms with Crippen LogP contribution in [-0.4, -0.2) is 14.2 Å². The number of nitriles is 1. The summed E-state index contributed by atoms with van der Waals surface area (Å²) in [4.78, 5) is 0. The zero-order valence-electron chi connectivity index (χ0n) is 7.60. The molecule has 0 unspecified atom stereocenters. The van der Waals surface area contributed by atoms with E-state index >= 15 is 0 Å². The fraction of sp³-hybridized carbons (Fsp3) is 0.222. The summed E-state index contributed by atoms with van der Waals surface area (Å²) in [5.41, 5.74) is -0.0948. The third kappa shape index (κ3) is 1.66. The van der Waals surface area contributed by atoms with E-state index in [9.17, 15) is 4.39 Å². The molecular formula is C9H7BrFNO2. The van der Waals surface area contributed by atoms with Crippen molar-refractivity contribution in [3.05, 3.63) is 21.9 Å². The van der Waals surface area contributed by atoms with Gasteiger partial charge in [-0.05, 0) is 15.9 Å². The van der Waals surface area contributed by atoms with Gasteiger partial charge in [0.05, 0.1) is 18.7 Å². The predicted molar refractivity (Wildman–Crippen MR) is 51.9 cm³/mol. The lowest BCUT2D eigenvalue weighted by Crippen LogP contribution is -1.96. The minimum Gasteiger partial charge on any atom is -0.493 e. The summed E-state index contributed by atoms with van der Waals surface area (Å²) in [6.07, 6.45) is 0. The van der Waals surface area contributed by atoms with Crippen LogP contribution in [0.5, 0.6) is 11.5 Å². The van der Waals surface area contributed by atoms with E-state index in [1.54, 1.807) is 6.07 Å². The molecule has 1 aromatic carbocycles. The Morgan fingerprint density at radius 3 is 2.50 bits per heavy atom. The first-order chi connectivity index (χ1) is 6.65. The van der Waals surface area contributed by atoms with Gasteiger partial charge in [-0.2, -0.15) is 5.26 Å². The van der Waals surface area contributed by atoms with Crippen molar-refractivity contribution < 1.29 is 13.9 Å². The number of methoxy groups -OCH3 is 2. The maximum atomic E-state index is 13.2. The zero-order chi connectivity index (χ0) is 10.7. The molecule has 0 spiro atoms. The van der Waals surface area contributed by atoms with Crippen molar-refractivity contribution in [1.29, 1.82) is 5.26 Å². The van der Waals surface area contributed by atoms with E-state index in [1.165, 1.54) is 14.2 Å². The van der Waals surface area contributed by atoms with Crippen LogP contribution in [0.1, 0.15) is 5.56 Å². The molecule has 0 atom stereocenters. The zero-order valence-corrected chi connectivity index (χ0v) is 9.18. The average molecular weight is 260 g/mol. The smallest absolute Gasteiger partial charge is 0.176 e. The summed E-state index contributed by atoms with van der Waals surface area (Å²) >= 11 is 3.08. The van der Waals surface area contributed by atoms with Crippen LogP contribution in [-0.2, 0) is 0 Å². The molecule has 0 fully saturated rings. The molecule has 0 aliphatic rings. The summed E-state index contributed by atoms with van der Waals surface area (Å²) in [6.45, 7) is 0. The lowest BCUT2D eigenvalue weighted by Gasteiger charge is -2.10. The molecule has 1 rings (SSSR count). The second kappa shape index (κ2) is 4.29. The van der Waals surface area contributed by atoms with Gasteiger partial charge in [0.15, 0.2) is 11.5 Å². The lowest BCUT2D eigenvalue weighted by atomic mass is 10.2. The van der Waals surface area contributed by atoms with Crippen LogP contribution in [0.3, 0.4) is 0 Å². The first-order valence-electron chi connectivity index (χ1n) is 3.65. The van der Waals surface area contributed by atoms with Crippen molar-refractivity contribution >= 4 is 15.9 Å². The molecule has 3 nitrogen and oxygen atoms in total. The van der Waals surface area contributed by atoms with Gasteiger partial charge in [0.25, 0.3) is 0 Å². The first kappa shape index (κ1) is 10.8. The van der Waals surface area contributed by atoms with E-state index in [1.807, 2.05) is 0 Å². The third-order valence-corrected chi connectivity index (χ3v) is 2.43. The Labute approximate surface area is 89.2 Å². The highest BCUT2D eigenvalue weighted by molar-refractivity contribution is 9.10. The Morgan fingerprint density at radius 2 is 2.07 bits per heavy atom. The SMILES string of the molecule is COc1cc(F)c(C#N)c(Br)c1OC. The van der Waals surface area contributed by atoms with Gasteiger partial charge in [0, 0.05) is 6.07 Å². The molecule has 5 heteroatoms. The average Bonchev–Trinajstić information content (AvgIpc) is 2.17. The number of benzene rings is 1. The van der Waals surface area contributed by atoms with Gasteiger partial charge in [0.2, 0.25) is 0 Å². The van der Waals surface area contributed by atoms with Crippen LogP contribution in [0.15, 0.2) is 10.5 Å². The molecule has 14 heavy (non-hydrogen) atoms. The second-order valence-corrected chi connectivity index (χ2v) is 3.19. The molecule has 0 N–H and O–H groups in total. The molecule has 0 bridgehead atoms. The van der Waals surface area contributed by atoms with Crippen molar-refractivity contribution in [2.24, 2.45) is 0 Å². The highest BCUT2D eigenvalue weighted by Gasteiger charge is 2.17. The molecule has 0 amide bonds. The van der Waals surface area contributed by atoms with Gasteiger partial charge in [-0.1, -0.05) is 0 Å². The summed E-state index contributed by atoms with van der Waals surface area (Å²) in [7, 11) is 2.82. The topological polar surface area (TPSA) is 42.2 Å². The van der Waals surface area contributed by atoms with Crippen LogP contribution in [0.25, 0.3) is 0 Å². The number of ether oxygens (including phenoxy) is 2. The minimum absolute atomic E-state index is 0.0948. The number of nitrogens with zero attached hydrogens (tertiary/aromatic N) is 1. The van der Waals surface area contributed by atoms with Crippen LogP contribution in [0.2, 0.25) is 0 Å². The first-order valence-corrected chi connectivity index (χ1v) is 4.45. The van der Waals surface area contributed by atoms with Crippen LogP contribution >= 0.6 is 15.9 Å². The summed E-state index contributed by atoms with van der Waals surface area (Å²) in [5, 5.41) is 8.67. The molecule has 1 aromatic rings. The highest BCUT2D eigenvalue weighted by atomic mass is 79.9. The Kier molecular flexibility index (Phi) is 3.31. The van der Waals surface area contributed by atoms with Gasteiger partial charge in [0.1, 0.15) is 17.4 Å². The number of hydrogen-bond donors (Lipinski definition) is 0. The molecule has 74 valence electrons. The van der Waals surface area contributed by atoms with E-state index in [0.29, 0.717) is 5.75 Å². The number of hydrogen-bond acceptors (Lipinski definition) is 3. The fourth-order valence-electron chi connectivity index (χ4n) is 1.02. The molecule has 0 saturated heterocycles. The summed E-state index contributed by atoms with van der Waals surface area (Å²) < 4.78 is 23.4. The number of halogens is 2. The Hall–Kier alpha value is -1.28. The fourth-order valence-corrected chi connectivity index (χ4v) is 1.66. The minimum atomic E-state index is -0.642. The maximum Gasteiger partial charge on any atom is 0.176 e. The predicted octanol–water partition coefficient (Wildman–Crippen LogP) is 2.48. The van der Waals surface area contributed by atoms with Gasteiger partial charge in [-0.25, -0.2) is 4.39 Å².